The highest BCUT2D eigenvalue weighted by Crippen LogP contribution is 2.24. The van der Waals surface area contributed by atoms with Crippen molar-refractivity contribution < 1.29 is 19.2 Å². The van der Waals surface area contributed by atoms with Gasteiger partial charge in [-0.3, -0.25) is 19.6 Å². The molecule has 11 heteroatoms. The van der Waals surface area contributed by atoms with Gasteiger partial charge in [0, 0.05) is 5.02 Å². The number of carbonyl (C=O) groups is 2. The van der Waals surface area contributed by atoms with Crippen molar-refractivity contribution in [3.05, 3.63) is 86.2 Å². The van der Waals surface area contributed by atoms with E-state index in [9.17, 15) is 19.7 Å². The van der Waals surface area contributed by atoms with Crippen LogP contribution in [0.3, 0.4) is 0 Å². The third-order valence-corrected chi connectivity index (χ3v) is 5.03. The molecule has 0 saturated heterocycles. The number of halogens is 1. The van der Waals surface area contributed by atoms with Gasteiger partial charge in [0.2, 0.25) is 0 Å². The molecule has 3 rings (SSSR count). The first-order chi connectivity index (χ1) is 15.7. The maximum absolute atomic E-state index is 12.4. The number of ether oxygens (including phenoxy) is 1. The van der Waals surface area contributed by atoms with Crippen LogP contribution >= 0.6 is 11.6 Å². The number of hydrogen-bond donors (Lipinski definition) is 1. The molecule has 1 heterocycles. The first-order valence-electron chi connectivity index (χ1n) is 9.78. The molecule has 0 aliphatic carbocycles. The van der Waals surface area contributed by atoms with Crippen molar-refractivity contribution in [1.29, 1.82) is 0 Å². The smallest absolute Gasteiger partial charge is 0.343 e. The number of rotatable bonds is 7. The van der Waals surface area contributed by atoms with Crippen molar-refractivity contribution in [3.8, 4) is 5.75 Å². The molecule has 0 saturated carbocycles. The van der Waals surface area contributed by atoms with Crippen molar-refractivity contribution in [3.63, 3.8) is 0 Å². The number of aromatic nitrogens is 2. The zero-order valence-corrected chi connectivity index (χ0v) is 18.7. The van der Waals surface area contributed by atoms with Crippen molar-refractivity contribution in [2.75, 3.05) is 0 Å². The topological polar surface area (TPSA) is 129 Å². The number of nitrogens with zero attached hydrogens (tertiary/aromatic N) is 4. The molecule has 170 valence electrons. The number of hydrazone groups is 1. The third kappa shape index (κ3) is 5.60. The van der Waals surface area contributed by atoms with E-state index < -0.39 is 22.8 Å². The Balaban J connectivity index is 1.58. The molecular weight excluding hydrogens is 450 g/mol. The summed E-state index contributed by atoms with van der Waals surface area (Å²) in [5, 5.41) is 19.7. The Bertz CT molecular complexity index is 1220. The van der Waals surface area contributed by atoms with Crippen molar-refractivity contribution in [2.24, 2.45) is 5.10 Å². The SMILES string of the molecule is Cc1nn(C(C)C(=O)N/N=C/c2ccc(OC(=O)c3ccc(Cl)cc3)cc2)c(C)c1[N+](=O)[O-]. The Hall–Kier alpha value is -4.05. The summed E-state index contributed by atoms with van der Waals surface area (Å²) in [4.78, 5) is 35.1. The van der Waals surface area contributed by atoms with Crippen molar-refractivity contribution in [1.82, 2.24) is 15.2 Å². The van der Waals surface area contributed by atoms with Gasteiger partial charge in [-0.15, -0.1) is 0 Å². The molecule has 0 radical (unpaired) electrons. The van der Waals surface area contributed by atoms with E-state index >= 15 is 0 Å². The summed E-state index contributed by atoms with van der Waals surface area (Å²) in [7, 11) is 0. The van der Waals surface area contributed by atoms with E-state index in [-0.39, 0.29) is 17.1 Å². The predicted molar refractivity (Wildman–Crippen MR) is 122 cm³/mol. The lowest BCUT2D eigenvalue weighted by Crippen LogP contribution is -2.28. The first-order valence-corrected chi connectivity index (χ1v) is 10.2. The molecule has 0 aliphatic rings. The quantitative estimate of drug-likeness (QED) is 0.183. The van der Waals surface area contributed by atoms with Gasteiger partial charge < -0.3 is 4.74 Å². The van der Waals surface area contributed by atoms with E-state index in [0.29, 0.717) is 21.9 Å². The molecule has 0 spiro atoms. The molecule has 0 aliphatic heterocycles. The van der Waals surface area contributed by atoms with Gasteiger partial charge in [0.15, 0.2) is 0 Å². The fraction of sp³-hybridized carbons (Fsp3) is 0.182. The number of benzene rings is 2. The fourth-order valence-corrected chi connectivity index (χ4v) is 3.17. The number of esters is 1. The largest absolute Gasteiger partial charge is 0.423 e. The third-order valence-electron chi connectivity index (χ3n) is 4.77. The Morgan fingerprint density at radius 1 is 1.18 bits per heavy atom. The van der Waals surface area contributed by atoms with Crippen LogP contribution in [0.4, 0.5) is 5.69 Å². The van der Waals surface area contributed by atoms with Crippen LogP contribution in [0.25, 0.3) is 0 Å². The summed E-state index contributed by atoms with van der Waals surface area (Å²) in [5.41, 5.74) is 3.81. The highest BCUT2D eigenvalue weighted by molar-refractivity contribution is 6.30. The number of hydrogen-bond acceptors (Lipinski definition) is 7. The van der Waals surface area contributed by atoms with Gasteiger partial charge in [-0.1, -0.05) is 11.6 Å². The van der Waals surface area contributed by atoms with Crippen LogP contribution in [0.5, 0.6) is 5.75 Å². The average molecular weight is 470 g/mol. The molecule has 0 bridgehead atoms. The van der Waals surface area contributed by atoms with Gasteiger partial charge in [0.25, 0.3) is 5.91 Å². The van der Waals surface area contributed by atoms with E-state index in [1.807, 2.05) is 0 Å². The summed E-state index contributed by atoms with van der Waals surface area (Å²) in [6.07, 6.45) is 1.42. The number of carbonyl (C=O) groups excluding carboxylic acids is 2. The molecule has 33 heavy (non-hydrogen) atoms. The van der Waals surface area contributed by atoms with Crippen LogP contribution in [-0.2, 0) is 4.79 Å². The van der Waals surface area contributed by atoms with Crippen LogP contribution in [0, 0.1) is 24.0 Å². The molecule has 1 amide bonds. The Morgan fingerprint density at radius 2 is 1.82 bits per heavy atom. The molecule has 1 N–H and O–H groups in total. The van der Waals surface area contributed by atoms with Gasteiger partial charge in [-0.25, -0.2) is 10.2 Å². The van der Waals surface area contributed by atoms with E-state index in [1.165, 1.54) is 24.7 Å². The van der Waals surface area contributed by atoms with Gasteiger partial charge in [-0.05, 0) is 74.9 Å². The normalized spacial score (nSPS) is 11.9. The Morgan fingerprint density at radius 3 is 2.39 bits per heavy atom. The molecule has 0 fully saturated rings. The molecule has 3 aromatic rings. The fourth-order valence-electron chi connectivity index (χ4n) is 3.04. The minimum Gasteiger partial charge on any atom is -0.423 e. The van der Waals surface area contributed by atoms with Crippen LogP contribution in [0.1, 0.15) is 40.3 Å². The van der Waals surface area contributed by atoms with Gasteiger partial charge in [-0.2, -0.15) is 10.2 Å². The standard InChI is InChI=1S/C22H20ClN5O5/c1-13-20(28(31)32)14(2)27(26-13)15(3)21(29)25-24-12-16-4-10-19(11-5-16)33-22(30)17-6-8-18(23)9-7-17/h4-12,15H,1-3H3,(H,25,29)/b24-12+. The maximum Gasteiger partial charge on any atom is 0.343 e. The molecule has 2 aromatic carbocycles. The lowest BCUT2D eigenvalue weighted by atomic mass is 10.2. The second-order valence-electron chi connectivity index (χ2n) is 7.10. The predicted octanol–water partition coefficient (Wildman–Crippen LogP) is 3.99. The van der Waals surface area contributed by atoms with Crippen LogP contribution in [0.15, 0.2) is 53.6 Å². The van der Waals surface area contributed by atoms with E-state index in [0.717, 1.165) is 0 Å². The summed E-state index contributed by atoms with van der Waals surface area (Å²) >= 11 is 5.81. The van der Waals surface area contributed by atoms with E-state index in [4.69, 9.17) is 16.3 Å². The number of amides is 1. The average Bonchev–Trinajstić information content (AvgIpc) is 3.08. The lowest BCUT2D eigenvalue weighted by Gasteiger charge is -2.11. The number of nitro groups is 1. The summed E-state index contributed by atoms with van der Waals surface area (Å²) in [6.45, 7) is 4.62. The minimum absolute atomic E-state index is 0.116. The molecule has 1 unspecified atom stereocenters. The maximum atomic E-state index is 12.4. The highest BCUT2D eigenvalue weighted by Gasteiger charge is 2.26. The summed E-state index contributed by atoms with van der Waals surface area (Å²) in [6, 6.07) is 12.0. The lowest BCUT2D eigenvalue weighted by molar-refractivity contribution is -0.386. The zero-order chi connectivity index (χ0) is 24.1. The monoisotopic (exact) mass is 469 g/mol. The Labute approximate surface area is 194 Å². The first kappa shape index (κ1) is 23.6. The van der Waals surface area contributed by atoms with Crippen molar-refractivity contribution in [2.45, 2.75) is 26.8 Å². The number of nitrogens with one attached hydrogen (secondary N) is 1. The van der Waals surface area contributed by atoms with E-state index in [1.54, 1.807) is 55.5 Å². The highest BCUT2D eigenvalue weighted by atomic mass is 35.5. The molecule has 1 aromatic heterocycles. The van der Waals surface area contributed by atoms with Crippen LogP contribution in [-0.4, -0.2) is 32.8 Å². The minimum atomic E-state index is -0.802. The van der Waals surface area contributed by atoms with Crippen molar-refractivity contribution >= 4 is 35.4 Å². The van der Waals surface area contributed by atoms with Gasteiger partial charge >= 0.3 is 11.7 Å². The molecule has 1 atom stereocenters. The van der Waals surface area contributed by atoms with Gasteiger partial charge in [0.1, 0.15) is 23.2 Å². The van der Waals surface area contributed by atoms with E-state index in [2.05, 4.69) is 15.6 Å². The number of aryl methyl sites for hydroxylation is 1. The zero-order valence-electron chi connectivity index (χ0n) is 18.0. The molecular formula is C22H20ClN5O5. The second kappa shape index (κ2) is 10.0. The van der Waals surface area contributed by atoms with Crippen LogP contribution in [0.2, 0.25) is 5.02 Å². The van der Waals surface area contributed by atoms with Gasteiger partial charge in [0.05, 0.1) is 16.7 Å². The molecule has 10 nitrogen and oxygen atoms in total. The Kier molecular flexibility index (Phi) is 7.19. The van der Waals surface area contributed by atoms with Crippen LogP contribution < -0.4 is 10.2 Å². The second-order valence-corrected chi connectivity index (χ2v) is 7.53. The summed E-state index contributed by atoms with van der Waals surface area (Å²) < 4.78 is 6.60. The summed E-state index contributed by atoms with van der Waals surface area (Å²) in [5.74, 6) is -0.658.